The van der Waals surface area contributed by atoms with Gasteiger partial charge in [0, 0.05) is 21.4 Å². The van der Waals surface area contributed by atoms with Crippen LogP contribution in [0.2, 0.25) is 0 Å². The average Bonchev–Trinajstić information content (AvgIpc) is 2.02. The molecule has 0 aromatic carbocycles. The number of rotatable bonds is 2. The van der Waals surface area contributed by atoms with Crippen LogP contribution >= 0.6 is 0 Å². The van der Waals surface area contributed by atoms with Crippen molar-refractivity contribution >= 4 is 11.9 Å². The lowest BCUT2D eigenvalue weighted by Gasteiger charge is -2.13. The number of nitrogens with zero attached hydrogens (tertiary/aromatic N) is 1. The van der Waals surface area contributed by atoms with E-state index >= 15 is 0 Å². The molecule has 11 heavy (non-hydrogen) atoms. The minimum atomic E-state index is -0.334. The summed E-state index contributed by atoms with van der Waals surface area (Å²) in [5.74, 6) is -0.240. The van der Waals surface area contributed by atoms with Gasteiger partial charge in [-0.2, -0.15) is 0 Å². The molecule has 1 N–H and O–H groups in total. The van der Waals surface area contributed by atoms with Gasteiger partial charge in [-0.3, -0.25) is 10.1 Å². The highest BCUT2D eigenvalue weighted by Crippen LogP contribution is 1.83. The van der Waals surface area contributed by atoms with Crippen molar-refractivity contribution in [2.75, 3.05) is 13.6 Å². The molecule has 0 aromatic rings. The zero-order chi connectivity index (χ0) is 8.85. The fraction of sp³-hybridized carbons (Fsp3) is 0.714. The van der Waals surface area contributed by atoms with E-state index in [2.05, 4.69) is 5.32 Å². The molecule has 66 valence electrons. The van der Waals surface area contributed by atoms with Crippen molar-refractivity contribution in [3.05, 3.63) is 0 Å². The highest BCUT2D eigenvalue weighted by molar-refractivity contribution is 5.93. The lowest BCUT2D eigenvalue weighted by atomic mass is 10.4. The largest absolute Gasteiger partial charge is 0.328 e. The molecule has 4 heteroatoms. The van der Waals surface area contributed by atoms with E-state index in [0.29, 0.717) is 13.0 Å². The lowest BCUT2D eigenvalue weighted by molar-refractivity contribution is -0.119. The topological polar surface area (TPSA) is 49.4 Å². The van der Waals surface area contributed by atoms with Gasteiger partial charge >= 0.3 is 6.03 Å². The summed E-state index contributed by atoms with van der Waals surface area (Å²) in [5.41, 5.74) is 0. The number of carbonyl (C=O) groups excluding carboxylic acids is 2. The zero-order valence-electron chi connectivity index (χ0n) is 7.18. The Morgan fingerprint density at radius 3 is 2.36 bits per heavy atom. The van der Waals surface area contributed by atoms with E-state index in [1.807, 2.05) is 6.92 Å². The van der Waals surface area contributed by atoms with Crippen LogP contribution in [-0.2, 0) is 4.79 Å². The molecule has 0 saturated carbocycles. The fourth-order valence-electron chi connectivity index (χ4n) is 0.447. The van der Waals surface area contributed by atoms with Gasteiger partial charge in [-0.25, -0.2) is 4.79 Å². The summed E-state index contributed by atoms with van der Waals surface area (Å²) in [5, 5.41) is 2.23. The lowest BCUT2D eigenvalue weighted by Crippen LogP contribution is -2.40. The molecule has 0 fully saturated rings. The van der Waals surface area contributed by atoms with Gasteiger partial charge in [-0.05, 0) is 6.92 Å². The first kappa shape index (κ1) is 9.94. The maximum Gasteiger partial charge on any atom is 0.323 e. The van der Waals surface area contributed by atoms with Crippen molar-refractivity contribution < 1.29 is 11.0 Å². The molecule has 0 bridgehead atoms. The normalized spacial score (nSPS) is 9.00. The SMILES string of the molecule is CCC(=O)NC(=O)N(C)CC.[HH]. The Balaban J connectivity index is 0. The van der Waals surface area contributed by atoms with Crippen LogP contribution in [0.15, 0.2) is 0 Å². The molecule has 0 saturated heterocycles. The first-order valence-electron chi connectivity index (χ1n) is 3.66. The van der Waals surface area contributed by atoms with Gasteiger partial charge in [0.2, 0.25) is 5.91 Å². The van der Waals surface area contributed by atoms with Gasteiger partial charge in [0.05, 0.1) is 0 Å². The van der Waals surface area contributed by atoms with Crippen molar-refractivity contribution in [3.8, 4) is 0 Å². The van der Waals surface area contributed by atoms with Gasteiger partial charge < -0.3 is 4.90 Å². The molecule has 0 aromatic heterocycles. The van der Waals surface area contributed by atoms with Crippen LogP contribution in [0.25, 0.3) is 0 Å². The van der Waals surface area contributed by atoms with Crippen LogP contribution in [0.3, 0.4) is 0 Å². The van der Waals surface area contributed by atoms with Crippen molar-refractivity contribution in [1.82, 2.24) is 10.2 Å². The summed E-state index contributed by atoms with van der Waals surface area (Å²) >= 11 is 0. The van der Waals surface area contributed by atoms with E-state index in [9.17, 15) is 9.59 Å². The molecule has 3 amide bonds. The summed E-state index contributed by atoms with van der Waals surface area (Å²) in [6.07, 6.45) is 0.337. The third-order valence-corrected chi connectivity index (χ3v) is 1.39. The quantitative estimate of drug-likeness (QED) is 0.650. The maximum atomic E-state index is 10.9. The number of hydrogen-bond acceptors (Lipinski definition) is 2. The third-order valence-electron chi connectivity index (χ3n) is 1.39. The minimum Gasteiger partial charge on any atom is -0.328 e. The van der Waals surface area contributed by atoms with Crippen molar-refractivity contribution in [1.29, 1.82) is 0 Å². The number of nitrogens with one attached hydrogen (secondary N) is 1. The number of carbonyl (C=O) groups is 2. The fourth-order valence-corrected chi connectivity index (χ4v) is 0.447. The Bertz CT molecular complexity index is 161. The summed E-state index contributed by atoms with van der Waals surface area (Å²) < 4.78 is 0. The molecule has 0 aliphatic heterocycles. The summed E-state index contributed by atoms with van der Waals surface area (Å²) in [6.45, 7) is 4.15. The minimum absolute atomic E-state index is 0. The van der Waals surface area contributed by atoms with E-state index in [0.717, 1.165) is 0 Å². The first-order valence-corrected chi connectivity index (χ1v) is 3.66. The second-order valence-corrected chi connectivity index (χ2v) is 2.22. The van der Waals surface area contributed by atoms with Crippen molar-refractivity contribution in [3.63, 3.8) is 0 Å². The highest BCUT2D eigenvalue weighted by Gasteiger charge is 2.07. The Morgan fingerprint density at radius 1 is 1.45 bits per heavy atom. The Kier molecular flexibility index (Phi) is 4.26. The van der Waals surface area contributed by atoms with Gasteiger partial charge in [0.1, 0.15) is 0 Å². The molecule has 0 heterocycles. The van der Waals surface area contributed by atoms with E-state index in [1.165, 1.54) is 4.90 Å². The second-order valence-electron chi connectivity index (χ2n) is 2.22. The van der Waals surface area contributed by atoms with Gasteiger partial charge in [-0.15, -0.1) is 0 Å². The van der Waals surface area contributed by atoms with E-state index in [4.69, 9.17) is 0 Å². The Morgan fingerprint density at radius 2 is 2.00 bits per heavy atom. The molecule has 0 atom stereocenters. The van der Waals surface area contributed by atoms with Crippen molar-refractivity contribution in [2.24, 2.45) is 0 Å². The number of imide groups is 1. The zero-order valence-corrected chi connectivity index (χ0v) is 7.18. The van der Waals surface area contributed by atoms with E-state index < -0.39 is 0 Å². The van der Waals surface area contributed by atoms with Gasteiger partial charge in [0.15, 0.2) is 0 Å². The molecule has 4 nitrogen and oxygen atoms in total. The van der Waals surface area contributed by atoms with Crippen LogP contribution in [0.4, 0.5) is 4.79 Å². The Hall–Kier alpha value is -1.06. The van der Waals surface area contributed by atoms with Crippen LogP contribution in [-0.4, -0.2) is 30.4 Å². The van der Waals surface area contributed by atoms with Crippen LogP contribution in [0.1, 0.15) is 21.7 Å². The maximum absolute atomic E-state index is 10.9. The predicted octanol–water partition coefficient (Wildman–Crippen LogP) is 0.830. The standard InChI is InChI=1S/C7H14N2O2.H2/c1-4-6(10)8-7(11)9(3)5-2;/h4-5H2,1-3H3,(H,8,10,11);1H. The summed E-state index contributed by atoms with van der Waals surface area (Å²) in [4.78, 5) is 23.1. The first-order chi connectivity index (χ1) is 5.11. The summed E-state index contributed by atoms with van der Waals surface area (Å²) in [7, 11) is 1.64. The molecule has 0 aliphatic rings. The molecule has 0 rings (SSSR count). The molecule has 0 unspecified atom stereocenters. The summed E-state index contributed by atoms with van der Waals surface area (Å²) in [6, 6.07) is -0.334. The van der Waals surface area contributed by atoms with Crippen molar-refractivity contribution in [2.45, 2.75) is 20.3 Å². The molecule has 0 radical (unpaired) electrons. The highest BCUT2D eigenvalue weighted by atomic mass is 16.2. The van der Waals surface area contributed by atoms with Crippen LogP contribution in [0, 0.1) is 0 Å². The molecular weight excluding hydrogens is 144 g/mol. The van der Waals surface area contributed by atoms with E-state index in [-0.39, 0.29) is 13.4 Å². The molecular formula is C7H16N2O2. The van der Waals surface area contributed by atoms with Gasteiger partial charge in [0.25, 0.3) is 0 Å². The smallest absolute Gasteiger partial charge is 0.323 e. The predicted molar refractivity (Wildman–Crippen MR) is 44.2 cm³/mol. The third kappa shape index (κ3) is 3.60. The van der Waals surface area contributed by atoms with Crippen LogP contribution < -0.4 is 5.32 Å². The van der Waals surface area contributed by atoms with Gasteiger partial charge in [-0.1, -0.05) is 6.92 Å². The molecule has 0 spiro atoms. The Labute approximate surface area is 68.0 Å². The number of hydrogen-bond donors (Lipinski definition) is 1. The monoisotopic (exact) mass is 160 g/mol. The molecule has 0 aliphatic carbocycles. The average molecular weight is 160 g/mol. The van der Waals surface area contributed by atoms with Crippen LogP contribution in [0.5, 0.6) is 0 Å². The second kappa shape index (κ2) is 4.71. The number of urea groups is 1. The van der Waals surface area contributed by atoms with E-state index in [1.54, 1.807) is 14.0 Å². The number of amides is 3.